The van der Waals surface area contributed by atoms with Crippen molar-refractivity contribution in [2.24, 2.45) is 18.9 Å². The van der Waals surface area contributed by atoms with Gasteiger partial charge in [0.05, 0.1) is 18.5 Å². The highest BCUT2D eigenvalue weighted by Gasteiger charge is 2.39. The summed E-state index contributed by atoms with van der Waals surface area (Å²) in [5, 5.41) is 18.7. The Bertz CT molecular complexity index is 825. The molecule has 0 bridgehead atoms. The molecule has 0 radical (unpaired) electrons. The molecular formula is C21H29F6N3O5. The summed E-state index contributed by atoms with van der Waals surface area (Å²) >= 11 is 0. The smallest absolute Gasteiger partial charge is 0.475 e. The van der Waals surface area contributed by atoms with Gasteiger partial charge in [-0.1, -0.05) is 6.42 Å². The summed E-state index contributed by atoms with van der Waals surface area (Å²) < 4.78 is 71.5. The number of aryl methyl sites for hydroxylation is 1. The van der Waals surface area contributed by atoms with Crippen molar-refractivity contribution in [1.82, 2.24) is 14.7 Å². The Balaban J connectivity index is 0.000000257. The van der Waals surface area contributed by atoms with Gasteiger partial charge in [0.25, 0.3) is 0 Å². The summed E-state index contributed by atoms with van der Waals surface area (Å²) in [4.78, 5) is 20.4. The lowest BCUT2D eigenvalue weighted by molar-refractivity contribution is -0.193. The lowest BCUT2D eigenvalue weighted by Crippen LogP contribution is -2.40. The number of fused-ring (bicyclic) bond motifs is 1. The third-order valence-corrected chi connectivity index (χ3v) is 5.98. The van der Waals surface area contributed by atoms with Crippen LogP contribution in [-0.4, -0.2) is 75.5 Å². The first kappa shape index (κ1) is 28.9. The fraction of sp³-hybridized carbons (Fsp3) is 0.762. The second kappa shape index (κ2) is 12.1. The van der Waals surface area contributed by atoms with Crippen LogP contribution in [0.15, 0.2) is 6.20 Å². The van der Waals surface area contributed by atoms with Crippen LogP contribution in [0.2, 0.25) is 0 Å². The lowest BCUT2D eigenvalue weighted by Gasteiger charge is -2.37. The van der Waals surface area contributed by atoms with Gasteiger partial charge in [0.15, 0.2) is 0 Å². The Morgan fingerprint density at radius 1 is 1.00 bits per heavy atom. The van der Waals surface area contributed by atoms with Crippen molar-refractivity contribution in [1.29, 1.82) is 0 Å². The van der Waals surface area contributed by atoms with Crippen LogP contribution >= 0.6 is 0 Å². The molecule has 2 saturated carbocycles. The standard InChI is InChI=1S/C17H27N3O.2C2HF3O2/c1-19-17-10-20(8-13-3-2-4-13)9-15(16(17)7-18-19)12-21-11-14-5-6-14;2*3-2(4,5)1(6)7/h7,13-15H,2-6,8-12H2,1H3;2*(H,6,7). The molecule has 1 aliphatic heterocycles. The molecule has 3 aliphatic rings. The quantitative estimate of drug-likeness (QED) is 0.553. The van der Waals surface area contributed by atoms with E-state index in [1.54, 1.807) is 0 Å². The molecule has 0 aromatic carbocycles. The summed E-state index contributed by atoms with van der Waals surface area (Å²) in [7, 11) is 2.08. The fourth-order valence-electron chi connectivity index (χ4n) is 3.68. The average molecular weight is 517 g/mol. The molecule has 0 spiro atoms. The molecule has 2 heterocycles. The number of alkyl halides is 6. The maximum Gasteiger partial charge on any atom is 0.490 e. The number of ether oxygens (including phenoxy) is 1. The summed E-state index contributed by atoms with van der Waals surface area (Å²) in [6.45, 7) is 5.33. The molecule has 0 saturated heterocycles. The molecule has 4 rings (SSSR count). The summed E-state index contributed by atoms with van der Waals surface area (Å²) in [5.74, 6) is -3.21. The number of carbonyl (C=O) groups is 2. The van der Waals surface area contributed by atoms with Crippen LogP contribution in [0.1, 0.15) is 49.3 Å². The topological polar surface area (TPSA) is 105 Å². The van der Waals surface area contributed by atoms with Crippen molar-refractivity contribution in [3.8, 4) is 0 Å². The molecule has 0 amide bonds. The SMILES string of the molecule is Cn1ncc2c1CN(CC1CCC1)CC2COCC1CC1.O=C(O)C(F)(F)F.O=C(O)C(F)(F)F. The Morgan fingerprint density at radius 3 is 1.97 bits per heavy atom. The molecule has 2 aliphatic carbocycles. The van der Waals surface area contributed by atoms with E-state index in [4.69, 9.17) is 24.5 Å². The number of carboxylic acid groups (broad SMARTS) is 2. The number of carboxylic acids is 2. The number of aromatic nitrogens is 2. The third-order valence-electron chi connectivity index (χ3n) is 5.98. The van der Waals surface area contributed by atoms with E-state index in [1.807, 2.05) is 0 Å². The Hall–Kier alpha value is -2.35. The predicted octanol–water partition coefficient (Wildman–Crippen LogP) is 3.81. The van der Waals surface area contributed by atoms with Gasteiger partial charge in [-0.2, -0.15) is 31.4 Å². The highest BCUT2D eigenvalue weighted by molar-refractivity contribution is 5.73. The predicted molar refractivity (Wildman–Crippen MR) is 109 cm³/mol. The second-order valence-corrected chi connectivity index (χ2v) is 8.94. The number of rotatable bonds is 6. The van der Waals surface area contributed by atoms with E-state index in [0.717, 1.165) is 38.1 Å². The van der Waals surface area contributed by atoms with Crippen LogP contribution in [0.25, 0.3) is 0 Å². The molecule has 1 aromatic heterocycles. The average Bonchev–Trinajstić information content (AvgIpc) is 3.46. The van der Waals surface area contributed by atoms with Crippen molar-refractivity contribution in [2.45, 2.75) is 56.9 Å². The molecule has 2 fully saturated rings. The second-order valence-electron chi connectivity index (χ2n) is 8.94. The zero-order chi connectivity index (χ0) is 26.4. The third kappa shape index (κ3) is 9.67. The molecule has 35 heavy (non-hydrogen) atoms. The van der Waals surface area contributed by atoms with Gasteiger partial charge in [-0.3, -0.25) is 9.58 Å². The van der Waals surface area contributed by atoms with E-state index < -0.39 is 24.3 Å². The van der Waals surface area contributed by atoms with Crippen LogP contribution in [0, 0.1) is 11.8 Å². The molecule has 1 aromatic rings. The van der Waals surface area contributed by atoms with Crippen molar-refractivity contribution >= 4 is 11.9 Å². The largest absolute Gasteiger partial charge is 0.490 e. The van der Waals surface area contributed by atoms with E-state index in [0.29, 0.717) is 5.92 Å². The van der Waals surface area contributed by atoms with Crippen molar-refractivity contribution < 1.29 is 50.9 Å². The van der Waals surface area contributed by atoms with Gasteiger partial charge in [0.1, 0.15) is 0 Å². The maximum absolute atomic E-state index is 10.6. The van der Waals surface area contributed by atoms with Gasteiger partial charge in [-0.25, -0.2) is 9.59 Å². The normalized spacial score (nSPS) is 20.5. The van der Waals surface area contributed by atoms with Gasteiger partial charge in [-0.15, -0.1) is 0 Å². The van der Waals surface area contributed by atoms with Crippen LogP contribution in [0.5, 0.6) is 0 Å². The Morgan fingerprint density at radius 2 is 1.54 bits per heavy atom. The van der Waals surface area contributed by atoms with Crippen LogP contribution in [0.3, 0.4) is 0 Å². The minimum absolute atomic E-state index is 0.515. The van der Waals surface area contributed by atoms with Crippen LogP contribution in [-0.2, 0) is 27.9 Å². The van der Waals surface area contributed by atoms with Gasteiger partial charge in [-0.05, 0) is 37.5 Å². The first-order valence-electron chi connectivity index (χ1n) is 11.1. The first-order chi connectivity index (χ1) is 16.2. The Kier molecular flexibility index (Phi) is 9.95. The van der Waals surface area contributed by atoms with E-state index >= 15 is 0 Å². The van der Waals surface area contributed by atoms with Crippen LogP contribution in [0.4, 0.5) is 26.3 Å². The molecule has 1 unspecified atom stereocenters. The summed E-state index contributed by atoms with van der Waals surface area (Å²) in [6.07, 6.45) is -1.06. The van der Waals surface area contributed by atoms with E-state index in [2.05, 4.69) is 27.9 Å². The number of nitrogens with zero attached hydrogens (tertiary/aromatic N) is 3. The maximum atomic E-state index is 10.6. The molecule has 14 heteroatoms. The van der Waals surface area contributed by atoms with Crippen molar-refractivity contribution in [2.75, 3.05) is 26.3 Å². The Labute approximate surface area is 197 Å². The van der Waals surface area contributed by atoms with Crippen LogP contribution < -0.4 is 0 Å². The number of aliphatic carboxylic acids is 2. The highest BCUT2D eigenvalue weighted by atomic mass is 19.4. The lowest BCUT2D eigenvalue weighted by atomic mass is 9.84. The zero-order valence-corrected chi connectivity index (χ0v) is 19.1. The molecule has 2 N–H and O–H groups in total. The van der Waals surface area contributed by atoms with E-state index in [1.165, 1.54) is 49.9 Å². The van der Waals surface area contributed by atoms with E-state index in [-0.39, 0.29) is 0 Å². The zero-order valence-electron chi connectivity index (χ0n) is 19.1. The van der Waals surface area contributed by atoms with E-state index in [9.17, 15) is 26.3 Å². The molecular weight excluding hydrogens is 488 g/mol. The first-order valence-corrected chi connectivity index (χ1v) is 11.1. The monoisotopic (exact) mass is 517 g/mol. The number of halogens is 6. The van der Waals surface area contributed by atoms with Gasteiger partial charge >= 0.3 is 24.3 Å². The van der Waals surface area contributed by atoms with Gasteiger partial charge in [0, 0.05) is 44.8 Å². The summed E-state index contributed by atoms with van der Waals surface area (Å²) in [5.41, 5.74) is 2.83. The molecule has 1 atom stereocenters. The van der Waals surface area contributed by atoms with Crippen molar-refractivity contribution in [3.63, 3.8) is 0 Å². The molecule has 200 valence electrons. The van der Waals surface area contributed by atoms with Gasteiger partial charge in [0.2, 0.25) is 0 Å². The van der Waals surface area contributed by atoms with Crippen molar-refractivity contribution in [3.05, 3.63) is 17.5 Å². The van der Waals surface area contributed by atoms with Gasteiger partial charge < -0.3 is 14.9 Å². The number of hydrogen-bond acceptors (Lipinski definition) is 5. The highest BCUT2D eigenvalue weighted by Crippen LogP contribution is 2.34. The molecule has 8 nitrogen and oxygen atoms in total. The minimum atomic E-state index is -5.08. The minimum Gasteiger partial charge on any atom is -0.475 e. The number of hydrogen-bond donors (Lipinski definition) is 2. The summed E-state index contributed by atoms with van der Waals surface area (Å²) in [6, 6.07) is 0. The fourth-order valence-corrected chi connectivity index (χ4v) is 3.68.